The van der Waals surface area contributed by atoms with E-state index in [0.717, 1.165) is 0 Å². The van der Waals surface area contributed by atoms with Gasteiger partial charge in [-0.15, -0.1) is 0 Å². The Hall–Kier alpha value is -0.370. The van der Waals surface area contributed by atoms with Gasteiger partial charge in [0, 0.05) is 12.0 Å². The molecule has 0 unspecified atom stereocenters. The summed E-state index contributed by atoms with van der Waals surface area (Å²) in [5.74, 6) is 0.275. The highest BCUT2D eigenvalue weighted by atomic mass is 16.1. The predicted molar refractivity (Wildman–Crippen MR) is 88.4 cm³/mol. The van der Waals surface area contributed by atoms with Crippen LogP contribution in [-0.4, -0.2) is 11.3 Å². The molecule has 2 N–H and O–H groups in total. The zero-order valence-electron chi connectivity index (χ0n) is 15.4. The summed E-state index contributed by atoms with van der Waals surface area (Å²) >= 11 is 0. The van der Waals surface area contributed by atoms with Crippen LogP contribution in [0.5, 0.6) is 0 Å². The molecule has 0 fully saturated rings. The number of ketones is 1. The minimum atomic E-state index is 0. The van der Waals surface area contributed by atoms with Gasteiger partial charge in [-0.1, -0.05) is 54.9 Å². The Morgan fingerprint density at radius 1 is 0.842 bits per heavy atom. The van der Waals surface area contributed by atoms with Gasteiger partial charge in [-0.3, -0.25) is 0 Å². The van der Waals surface area contributed by atoms with Crippen LogP contribution in [0.15, 0.2) is 0 Å². The molecule has 0 atom stereocenters. The van der Waals surface area contributed by atoms with Crippen molar-refractivity contribution in [3.63, 3.8) is 0 Å². The van der Waals surface area contributed by atoms with Crippen molar-refractivity contribution in [1.29, 1.82) is 0 Å². The van der Waals surface area contributed by atoms with Crippen LogP contribution < -0.4 is 5.73 Å². The van der Waals surface area contributed by atoms with Gasteiger partial charge in [0.1, 0.15) is 5.78 Å². The van der Waals surface area contributed by atoms with Gasteiger partial charge >= 0.3 is 0 Å². The molecule has 0 amide bonds. The number of rotatable bonds is 1. The molecule has 0 rings (SSSR count). The summed E-state index contributed by atoms with van der Waals surface area (Å²) in [6, 6.07) is 0. The van der Waals surface area contributed by atoms with Gasteiger partial charge in [-0.05, 0) is 38.5 Å². The third-order valence-corrected chi connectivity index (χ3v) is 1.84. The molecule has 118 valence electrons. The lowest BCUT2D eigenvalue weighted by Gasteiger charge is -2.14. The van der Waals surface area contributed by atoms with Gasteiger partial charge in [-0.25, -0.2) is 0 Å². The molecule has 0 aromatic carbocycles. The fourth-order valence-corrected chi connectivity index (χ4v) is 0.747. The predicted octanol–water partition coefficient (Wildman–Crippen LogP) is 5.20. The van der Waals surface area contributed by atoms with Crippen molar-refractivity contribution in [2.24, 2.45) is 16.6 Å². The molecule has 0 spiro atoms. The van der Waals surface area contributed by atoms with E-state index in [9.17, 15) is 4.79 Å². The van der Waals surface area contributed by atoms with Crippen LogP contribution in [0.1, 0.15) is 89.0 Å². The number of carbonyl (C=O) groups excluding carboxylic acids is 1. The zero-order valence-corrected chi connectivity index (χ0v) is 15.4. The van der Waals surface area contributed by atoms with Crippen LogP contribution in [0.4, 0.5) is 0 Å². The first-order chi connectivity index (χ1) is 7.98. The van der Waals surface area contributed by atoms with E-state index in [0.29, 0.717) is 11.8 Å². The van der Waals surface area contributed by atoms with E-state index in [1.165, 1.54) is 6.42 Å². The molecule has 0 bridgehead atoms. The van der Waals surface area contributed by atoms with Crippen molar-refractivity contribution in [2.75, 3.05) is 0 Å². The number of carbonyl (C=O) groups is 1. The quantitative estimate of drug-likeness (QED) is 0.713. The van der Waals surface area contributed by atoms with Gasteiger partial charge < -0.3 is 10.5 Å². The summed E-state index contributed by atoms with van der Waals surface area (Å²) in [4.78, 5) is 10.5. The molecule has 0 saturated carbocycles. The Labute approximate surface area is 122 Å². The smallest absolute Gasteiger partial charge is 0.130 e. The van der Waals surface area contributed by atoms with E-state index in [1.807, 2.05) is 20.8 Å². The van der Waals surface area contributed by atoms with Crippen molar-refractivity contribution in [1.82, 2.24) is 0 Å². The molecule has 0 saturated heterocycles. The lowest BCUT2D eigenvalue weighted by Crippen LogP contribution is -2.26. The van der Waals surface area contributed by atoms with Crippen molar-refractivity contribution in [3.8, 4) is 0 Å². The van der Waals surface area contributed by atoms with Gasteiger partial charge in [0.05, 0.1) is 0 Å². The molecule has 0 aromatic heterocycles. The molecule has 0 aliphatic rings. The highest BCUT2D eigenvalue weighted by Crippen LogP contribution is 2.18. The van der Waals surface area contributed by atoms with E-state index in [1.54, 1.807) is 6.92 Å². The topological polar surface area (TPSA) is 43.1 Å². The molecule has 0 radical (unpaired) electrons. The van der Waals surface area contributed by atoms with Gasteiger partial charge in [0.2, 0.25) is 0 Å². The van der Waals surface area contributed by atoms with Crippen LogP contribution in [0.25, 0.3) is 0 Å². The second-order valence-electron chi connectivity index (χ2n) is 8.72. The first-order valence-corrected chi connectivity index (χ1v) is 7.26. The van der Waals surface area contributed by atoms with Crippen LogP contribution in [0.2, 0.25) is 0 Å². The maximum absolute atomic E-state index is 10.5. The molecule has 0 aliphatic carbocycles. The Bertz CT molecular complexity index is 217. The third-order valence-electron chi connectivity index (χ3n) is 1.84. The fourth-order valence-electron chi connectivity index (χ4n) is 0.747. The Kier molecular flexibility index (Phi) is 11.9. The van der Waals surface area contributed by atoms with E-state index < -0.39 is 0 Å². The summed E-state index contributed by atoms with van der Waals surface area (Å²) in [5, 5.41) is 0. The maximum atomic E-state index is 10.5. The molecule has 0 heterocycles. The average Bonchev–Trinajstić information content (AvgIpc) is 1.95. The Balaban J connectivity index is -0.000000209. The minimum absolute atomic E-state index is 0. The van der Waals surface area contributed by atoms with Crippen molar-refractivity contribution >= 4 is 5.78 Å². The second kappa shape index (κ2) is 9.52. The molecule has 0 aliphatic heterocycles. The highest BCUT2D eigenvalue weighted by molar-refractivity contribution is 5.76. The average molecular weight is 274 g/mol. The SMILES string of the molecule is CC(=O)CC(C)(C)C.CC(C)(C)N.CCC(C)(C)C. The van der Waals surface area contributed by atoms with E-state index in [2.05, 4.69) is 48.5 Å². The Morgan fingerprint density at radius 3 is 1.05 bits per heavy atom. The van der Waals surface area contributed by atoms with E-state index in [4.69, 9.17) is 5.73 Å². The summed E-state index contributed by atoms with van der Waals surface area (Å²) in [5.41, 5.74) is 6.07. The first-order valence-electron chi connectivity index (χ1n) is 7.26. The molecule has 2 nitrogen and oxygen atoms in total. The number of hydrogen-bond acceptors (Lipinski definition) is 2. The van der Waals surface area contributed by atoms with Crippen LogP contribution in [0.3, 0.4) is 0 Å². The lowest BCUT2D eigenvalue weighted by atomic mass is 9.91. The fraction of sp³-hybridized carbons (Fsp3) is 0.941. The molecular formula is C17H39NO. The normalized spacial score (nSPS) is 11.8. The first kappa shape index (κ1) is 23.7. The van der Waals surface area contributed by atoms with Crippen molar-refractivity contribution in [3.05, 3.63) is 0 Å². The summed E-state index contributed by atoms with van der Waals surface area (Å²) in [6.07, 6.45) is 1.96. The van der Waals surface area contributed by atoms with E-state index in [-0.39, 0.29) is 16.7 Å². The third kappa shape index (κ3) is 74.0. The molecule has 19 heavy (non-hydrogen) atoms. The van der Waals surface area contributed by atoms with E-state index >= 15 is 0 Å². The lowest BCUT2D eigenvalue weighted by molar-refractivity contribution is -0.118. The molecule has 2 heteroatoms. The van der Waals surface area contributed by atoms with Gasteiger partial charge in [0.15, 0.2) is 0 Å². The monoisotopic (exact) mass is 273 g/mol. The number of nitrogens with two attached hydrogens (primary N) is 1. The van der Waals surface area contributed by atoms with Crippen molar-refractivity contribution in [2.45, 2.75) is 94.5 Å². The summed E-state index contributed by atoms with van der Waals surface area (Å²) < 4.78 is 0. The van der Waals surface area contributed by atoms with Crippen LogP contribution in [0, 0.1) is 10.8 Å². The number of Topliss-reactive ketones (excluding diaryl/α,β-unsaturated/α-hetero) is 1. The highest BCUT2D eigenvalue weighted by Gasteiger charge is 2.11. The number of hydrogen-bond donors (Lipinski definition) is 1. The van der Waals surface area contributed by atoms with Gasteiger partial charge in [-0.2, -0.15) is 0 Å². The molecule has 0 aromatic rings. The standard InChI is InChI=1S/C7H14O.C6H14.C4H11N/c1-6(8)5-7(2,3)4;1-5-6(2,3)4;1-4(2,3)5/h5H2,1-4H3;5H2,1-4H3;5H2,1-3H3. The van der Waals surface area contributed by atoms with Gasteiger partial charge in [0.25, 0.3) is 0 Å². The second-order valence-corrected chi connectivity index (χ2v) is 8.72. The molecular weight excluding hydrogens is 234 g/mol. The van der Waals surface area contributed by atoms with Crippen LogP contribution >= 0.6 is 0 Å². The Morgan fingerprint density at radius 2 is 1.05 bits per heavy atom. The van der Waals surface area contributed by atoms with Crippen LogP contribution in [-0.2, 0) is 4.79 Å². The zero-order chi connectivity index (χ0) is 16.5. The largest absolute Gasteiger partial charge is 0.326 e. The summed E-state index contributed by atoms with van der Waals surface area (Å²) in [7, 11) is 0. The minimum Gasteiger partial charge on any atom is -0.326 e. The van der Waals surface area contributed by atoms with Crippen molar-refractivity contribution < 1.29 is 4.79 Å². The summed E-state index contributed by atoms with van der Waals surface area (Å²) in [6.45, 7) is 22.7. The maximum Gasteiger partial charge on any atom is 0.130 e.